The van der Waals surface area contributed by atoms with Gasteiger partial charge in [0.25, 0.3) is 0 Å². The Morgan fingerprint density at radius 2 is 1.69 bits per heavy atom. The third kappa shape index (κ3) is 2.76. The molecule has 0 bridgehead atoms. The van der Waals surface area contributed by atoms with Crippen LogP contribution in [-0.2, 0) is 0 Å². The Morgan fingerprint density at radius 1 is 0.962 bits per heavy atom. The van der Waals surface area contributed by atoms with Crippen LogP contribution < -0.4 is 5.73 Å². The molecule has 0 aliphatic rings. The monoisotopic (exact) mass is 349 g/mol. The maximum Gasteiger partial charge on any atom is 0.133 e. The summed E-state index contributed by atoms with van der Waals surface area (Å²) in [5.74, 6) is -1.17. The lowest BCUT2D eigenvalue weighted by atomic mass is 10.0. The molecule has 3 nitrogen and oxygen atoms in total. The lowest BCUT2D eigenvalue weighted by Gasteiger charge is -2.10. The Balaban J connectivity index is 1.84. The first-order valence-corrected chi connectivity index (χ1v) is 8.32. The van der Waals surface area contributed by atoms with Crippen molar-refractivity contribution >= 4 is 11.0 Å². The number of aromatic nitrogens is 2. The molecule has 0 saturated carbocycles. The minimum atomic E-state index is -0.584. The van der Waals surface area contributed by atoms with Crippen LogP contribution >= 0.6 is 0 Å². The first-order valence-electron chi connectivity index (χ1n) is 8.32. The fourth-order valence-corrected chi connectivity index (χ4v) is 3.10. The predicted octanol–water partition coefficient (Wildman–Crippen LogP) is 4.99. The van der Waals surface area contributed by atoms with Crippen LogP contribution in [0.5, 0.6) is 0 Å². The van der Waals surface area contributed by atoms with Crippen molar-refractivity contribution in [2.45, 2.75) is 13.0 Å². The molecule has 0 spiro atoms. The van der Waals surface area contributed by atoms with Gasteiger partial charge in [0.2, 0.25) is 0 Å². The zero-order valence-electron chi connectivity index (χ0n) is 14.2. The standard InChI is InChI=1S/C21H17F2N3/c1-13(24)14-8-9-20-19(11-14)25-12-26(20)16-5-2-4-15(10-16)21-17(22)6-3-7-18(21)23/h2-13H,24H2,1H3/t13-/m1/s1. The fraction of sp³-hybridized carbons (Fsp3) is 0.0952. The molecular formula is C21H17F2N3. The molecule has 0 unspecified atom stereocenters. The quantitative estimate of drug-likeness (QED) is 0.566. The lowest BCUT2D eigenvalue weighted by Crippen LogP contribution is -2.04. The fourth-order valence-electron chi connectivity index (χ4n) is 3.10. The third-order valence-corrected chi connectivity index (χ3v) is 4.47. The summed E-state index contributed by atoms with van der Waals surface area (Å²) in [5.41, 5.74) is 9.89. The number of hydrogen-bond acceptors (Lipinski definition) is 2. The minimum Gasteiger partial charge on any atom is -0.324 e. The summed E-state index contributed by atoms with van der Waals surface area (Å²) in [6.45, 7) is 1.92. The summed E-state index contributed by atoms with van der Waals surface area (Å²) in [5, 5.41) is 0. The van der Waals surface area contributed by atoms with E-state index in [4.69, 9.17) is 5.73 Å². The normalized spacial score (nSPS) is 12.5. The summed E-state index contributed by atoms with van der Waals surface area (Å²) in [6.07, 6.45) is 1.70. The molecule has 4 rings (SSSR count). The first-order chi connectivity index (χ1) is 12.5. The lowest BCUT2D eigenvalue weighted by molar-refractivity contribution is 0.589. The second kappa shape index (κ2) is 6.35. The Labute approximate surface area is 149 Å². The molecule has 0 amide bonds. The highest BCUT2D eigenvalue weighted by Gasteiger charge is 2.13. The Hall–Kier alpha value is -3.05. The van der Waals surface area contributed by atoms with Gasteiger partial charge in [-0.1, -0.05) is 24.3 Å². The maximum atomic E-state index is 14.1. The van der Waals surface area contributed by atoms with Crippen molar-refractivity contribution in [3.8, 4) is 16.8 Å². The van der Waals surface area contributed by atoms with E-state index in [9.17, 15) is 8.78 Å². The largest absolute Gasteiger partial charge is 0.324 e. The maximum absolute atomic E-state index is 14.1. The van der Waals surface area contributed by atoms with Crippen LogP contribution in [0.15, 0.2) is 67.0 Å². The Kier molecular flexibility index (Phi) is 4.01. The SMILES string of the molecule is C[C@@H](N)c1ccc2c(c1)ncn2-c1cccc(-c2c(F)cccc2F)c1. The molecular weight excluding hydrogens is 332 g/mol. The number of imidazole rings is 1. The second-order valence-corrected chi connectivity index (χ2v) is 6.30. The van der Waals surface area contributed by atoms with E-state index in [0.29, 0.717) is 5.56 Å². The highest BCUT2D eigenvalue weighted by atomic mass is 19.1. The average molecular weight is 349 g/mol. The number of nitrogens with two attached hydrogens (primary N) is 1. The van der Waals surface area contributed by atoms with Crippen molar-refractivity contribution in [3.05, 3.63) is 84.2 Å². The summed E-state index contributed by atoms with van der Waals surface area (Å²) >= 11 is 0. The van der Waals surface area contributed by atoms with E-state index >= 15 is 0 Å². The van der Waals surface area contributed by atoms with Crippen molar-refractivity contribution in [2.24, 2.45) is 5.73 Å². The Morgan fingerprint density at radius 3 is 2.42 bits per heavy atom. The van der Waals surface area contributed by atoms with Gasteiger partial charge in [0.05, 0.1) is 16.6 Å². The minimum absolute atomic E-state index is 0.0296. The number of hydrogen-bond donors (Lipinski definition) is 1. The van der Waals surface area contributed by atoms with Crippen LogP contribution in [0, 0.1) is 11.6 Å². The van der Waals surface area contributed by atoms with E-state index in [1.165, 1.54) is 18.2 Å². The molecule has 0 saturated heterocycles. The molecule has 3 aromatic carbocycles. The molecule has 130 valence electrons. The molecule has 0 radical (unpaired) electrons. The van der Waals surface area contributed by atoms with E-state index in [2.05, 4.69) is 4.98 Å². The molecule has 0 aliphatic carbocycles. The van der Waals surface area contributed by atoms with Gasteiger partial charge >= 0.3 is 0 Å². The van der Waals surface area contributed by atoms with Crippen molar-refractivity contribution < 1.29 is 8.78 Å². The van der Waals surface area contributed by atoms with Crippen molar-refractivity contribution in [1.82, 2.24) is 9.55 Å². The number of fused-ring (bicyclic) bond motifs is 1. The Bertz CT molecular complexity index is 1080. The van der Waals surface area contributed by atoms with E-state index in [1.807, 2.05) is 35.8 Å². The zero-order valence-corrected chi connectivity index (χ0v) is 14.2. The van der Waals surface area contributed by atoms with Gasteiger partial charge in [-0.3, -0.25) is 4.57 Å². The molecule has 1 heterocycles. The van der Waals surface area contributed by atoms with E-state index in [-0.39, 0.29) is 11.6 Å². The van der Waals surface area contributed by atoms with Gasteiger partial charge in [-0.25, -0.2) is 13.8 Å². The van der Waals surface area contributed by atoms with Gasteiger partial charge < -0.3 is 5.73 Å². The van der Waals surface area contributed by atoms with Gasteiger partial charge in [-0.15, -0.1) is 0 Å². The highest BCUT2D eigenvalue weighted by Crippen LogP contribution is 2.29. The van der Waals surface area contributed by atoms with Crippen LogP contribution in [-0.4, -0.2) is 9.55 Å². The number of rotatable bonds is 3. The van der Waals surface area contributed by atoms with Crippen LogP contribution in [0.25, 0.3) is 27.8 Å². The van der Waals surface area contributed by atoms with Gasteiger partial charge in [-0.2, -0.15) is 0 Å². The second-order valence-electron chi connectivity index (χ2n) is 6.30. The van der Waals surface area contributed by atoms with Crippen molar-refractivity contribution in [3.63, 3.8) is 0 Å². The number of nitrogens with zero attached hydrogens (tertiary/aromatic N) is 2. The summed E-state index contributed by atoms with van der Waals surface area (Å²) in [4.78, 5) is 4.43. The molecule has 0 aliphatic heterocycles. The summed E-state index contributed by atoms with van der Waals surface area (Å²) in [6, 6.07) is 16.8. The number of halogens is 2. The molecule has 0 fully saturated rings. The van der Waals surface area contributed by atoms with Crippen LogP contribution in [0.4, 0.5) is 8.78 Å². The van der Waals surface area contributed by atoms with Crippen LogP contribution in [0.3, 0.4) is 0 Å². The molecule has 26 heavy (non-hydrogen) atoms. The van der Waals surface area contributed by atoms with Gasteiger partial charge in [-0.05, 0) is 54.4 Å². The molecule has 5 heteroatoms. The topological polar surface area (TPSA) is 43.8 Å². The molecule has 4 aromatic rings. The predicted molar refractivity (Wildman–Crippen MR) is 99.0 cm³/mol. The molecule has 1 atom stereocenters. The average Bonchev–Trinajstić information content (AvgIpc) is 3.05. The summed E-state index contributed by atoms with van der Waals surface area (Å²) < 4.78 is 30.1. The van der Waals surface area contributed by atoms with Gasteiger partial charge in [0.1, 0.15) is 18.0 Å². The van der Waals surface area contributed by atoms with Crippen molar-refractivity contribution in [1.29, 1.82) is 0 Å². The van der Waals surface area contributed by atoms with Gasteiger partial charge in [0.15, 0.2) is 0 Å². The zero-order chi connectivity index (χ0) is 18.3. The van der Waals surface area contributed by atoms with Crippen LogP contribution in [0.2, 0.25) is 0 Å². The summed E-state index contributed by atoms with van der Waals surface area (Å²) in [7, 11) is 0. The first kappa shape index (κ1) is 16.4. The van der Waals surface area contributed by atoms with E-state index < -0.39 is 11.6 Å². The van der Waals surface area contributed by atoms with E-state index in [0.717, 1.165) is 22.3 Å². The van der Waals surface area contributed by atoms with Gasteiger partial charge in [0, 0.05) is 11.7 Å². The van der Waals surface area contributed by atoms with E-state index in [1.54, 1.807) is 24.5 Å². The van der Waals surface area contributed by atoms with Crippen molar-refractivity contribution in [2.75, 3.05) is 0 Å². The third-order valence-electron chi connectivity index (χ3n) is 4.47. The smallest absolute Gasteiger partial charge is 0.133 e. The molecule has 1 aromatic heterocycles. The molecule has 2 N–H and O–H groups in total. The number of benzene rings is 3. The van der Waals surface area contributed by atoms with Crippen LogP contribution in [0.1, 0.15) is 18.5 Å². The highest BCUT2D eigenvalue weighted by molar-refractivity contribution is 5.79.